The third-order valence-corrected chi connectivity index (χ3v) is 15.0. The third kappa shape index (κ3) is 67.0. The van der Waals surface area contributed by atoms with Crippen molar-refractivity contribution in [1.82, 2.24) is 0 Å². The van der Waals surface area contributed by atoms with Crippen molar-refractivity contribution in [3.8, 4) is 0 Å². The summed E-state index contributed by atoms with van der Waals surface area (Å²) >= 11 is 0. The molecule has 0 saturated carbocycles. The maximum Gasteiger partial charge on any atom is 0.306 e. The topological polar surface area (TPSA) is 78.9 Å². The average molecular weight is 1130 g/mol. The first-order chi connectivity index (χ1) is 40.0. The van der Waals surface area contributed by atoms with E-state index in [2.05, 4.69) is 118 Å². The Morgan fingerprint density at radius 1 is 0.259 bits per heavy atom. The van der Waals surface area contributed by atoms with E-state index < -0.39 is 6.10 Å². The van der Waals surface area contributed by atoms with E-state index in [0.717, 1.165) is 109 Å². The molecule has 0 fully saturated rings. The lowest BCUT2D eigenvalue weighted by Gasteiger charge is -2.18. The Morgan fingerprint density at radius 3 is 0.778 bits per heavy atom. The summed E-state index contributed by atoms with van der Waals surface area (Å²) in [5.74, 6) is -0.888. The van der Waals surface area contributed by atoms with E-state index in [9.17, 15) is 14.4 Å². The fraction of sp³-hybridized carbons (Fsp3) is 0.747. The van der Waals surface area contributed by atoms with Gasteiger partial charge >= 0.3 is 17.9 Å². The van der Waals surface area contributed by atoms with Gasteiger partial charge < -0.3 is 14.2 Å². The average Bonchev–Trinajstić information content (AvgIpc) is 3.47. The number of allylic oxidation sites excluding steroid dienone is 16. The van der Waals surface area contributed by atoms with Gasteiger partial charge in [-0.15, -0.1) is 0 Å². The van der Waals surface area contributed by atoms with E-state index in [1.807, 2.05) is 0 Å². The number of hydrogen-bond acceptors (Lipinski definition) is 6. The molecule has 0 aliphatic carbocycles. The second-order valence-corrected chi connectivity index (χ2v) is 23.1. The molecular weight excluding hydrogens is 997 g/mol. The molecule has 0 spiro atoms. The molecule has 0 rings (SSSR count). The van der Waals surface area contributed by atoms with Crippen LogP contribution in [0.3, 0.4) is 0 Å². The Kier molecular flexibility index (Phi) is 65.7. The largest absolute Gasteiger partial charge is 0.462 e. The molecular formula is C75H130O6. The van der Waals surface area contributed by atoms with Gasteiger partial charge in [-0.3, -0.25) is 14.4 Å². The highest BCUT2D eigenvalue weighted by Crippen LogP contribution is 2.17. The molecule has 6 nitrogen and oxygen atoms in total. The second-order valence-electron chi connectivity index (χ2n) is 23.1. The lowest BCUT2D eigenvalue weighted by atomic mass is 10.0. The van der Waals surface area contributed by atoms with Crippen LogP contribution in [0.25, 0.3) is 0 Å². The summed E-state index contributed by atoms with van der Waals surface area (Å²) in [5.41, 5.74) is 0. The minimum absolute atomic E-state index is 0.0839. The van der Waals surface area contributed by atoms with Crippen LogP contribution in [0.5, 0.6) is 0 Å². The van der Waals surface area contributed by atoms with E-state index in [4.69, 9.17) is 14.2 Å². The Hall–Kier alpha value is -3.67. The van der Waals surface area contributed by atoms with Crippen LogP contribution in [-0.4, -0.2) is 37.2 Å². The standard InChI is InChI=1S/C75H130O6/c1-4-7-10-13-16-19-22-25-28-31-34-35-36-37-38-39-42-44-47-50-53-56-59-62-65-68-74(77)80-71-72(81-75(78)69-66-63-60-57-54-51-48-45-41-33-30-27-24-21-18-15-12-9-6-3)70-79-73(76)67-64-61-58-55-52-49-46-43-40-32-29-26-23-20-17-14-11-8-5-2/h9,12,17-18,20-22,25-27,29-31,34,41,45,72H,4-8,10-11,13-16,19,23-24,28,32-33,35-40,42-44,46-71H2,1-3H3/b12-9-,20-17-,21-18-,25-22-,29-26-,30-27-,34-31-,45-41-. The van der Waals surface area contributed by atoms with Gasteiger partial charge in [0.1, 0.15) is 13.2 Å². The molecule has 6 heteroatoms. The summed E-state index contributed by atoms with van der Waals surface area (Å²) in [7, 11) is 0. The van der Waals surface area contributed by atoms with E-state index in [-0.39, 0.29) is 31.1 Å². The Labute approximate surface area is 502 Å². The second kappa shape index (κ2) is 68.8. The maximum atomic E-state index is 13.0. The summed E-state index contributed by atoms with van der Waals surface area (Å²) in [6.45, 7) is 6.52. The van der Waals surface area contributed by atoms with Crippen molar-refractivity contribution in [1.29, 1.82) is 0 Å². The van der Waals surface area contributed by atoms with Crippen molar-refractivity contribution in [3.05, 3.63) is 97.2 Å². The predicted octanol–water partition coefficient (Wildman–Crippen LogP) is 24.0. The highest BCUT2D eigenvalue weighted by atomic mass is 16.6. The van der Waals surface area contributed by atoms with Crippen molar-refractivity contribution >= 4 is 17.9 Å². The minimum atomic E-state index is -0.790. The number of carbonyl (C=O) groups excluding carboxylic acids is 3. The van der Waals surface area contributed by atoms with Gasteiger partial charge in [0.25, 0.3) is 0 Å². The normalized spacial score (nSPS) is 12.7. The van der Waals surface area contributed by atoms with Crippen molar-refractivity contribution in [2.24, 2.45) is 0 Å². The first-order valence-electron chi connectivity index (χ1n) is 34.7. The molecule has 0 aliphatic heterocycles. The number of unbranched alkanes of at least 4 members (excludes halogenated alkanes) is 36. The van der Waals surface area contributed by atoms with Crippen LogP contribution in [-0.2, 0) is 28.6 Å². The molecule has 0 heterocycles. The molecule has 1 unspecified atom stereocenters. The molecule has 0 aromatic rings. The number of esters is 3. The van der Waals surface area contributed by atoms with E-state index in [0.29, 0.717) is 19.3 Å². The first kappa shape index (κ1) is 77.3. The maximum absolute atomic E-state index is 13.0. The van der Waals surface area contributed by atoms with Gasteiger partial charge in [-0.2, -0.15) is 0 Å². The Balaban J connectivity index is 4.37. The molecule has 0 aromatic carbocycles. The van der Waals surface area contributed by atoms with E-state index >= 15 is 0 Å². The van der Waals surface area contributed by atoms with Crippen LogP contribution in [0.4, 0.5) is 0 Å². The highest BCUT2D eigenvalue weighted by molar-refractivity contribution is 5.71. The molecule has 466 valence electrons. The van der Waals surface area contributed by atoms with Crippen molar-refractivity contribution in [3.63, 3.8) is 0 Å². The van der Waals surface area contributed by atoms with Gasteiger partial charge in [0.2, 0.25) is 0 Å². The van der Waals surface area contributed by atoms with Crippen LogP contribution in [0, 0.1) is 0 Å². The zero-order valence-corrected chi connectivity index (χ0v) is 53.5. The number of carbonyl (C=O) groups is 3. The quantitative estimate of drug-likeness (QED) is 0.0261. The van der Waals surface area contributed by atoms with Crippen molar-refractivity contribution in [2.75, 3.05) is 13.2 Å². The molecule has 0 amide bonds. The first-order valence-corrected chi connectivity index (χ1v) is 34.7. The number of hydrogen-bond donors (Lipinski definition) is 0. The lowest BCUT2D eigenvalue weighted by Crippen LogP contribution is -2.30. The van der Waals surface area contributed by atoms with Crippen LogP contribution in [0.1, 0.15) is 342 Å². The van der Waals surface area contributed by atoms with Crippen LogP contribution in [0.2, 0.25) is 0 Å². The highest BCUT2D eigenvalue weighted by Gasteiger charge is 2.19. The van der Waals surface area contributed by atoms with Crippen LogP contribution >= 0.6 is 0 Å². The minimum Gasteiger partial charge on any atom is -0.462 e. The molecule has 0 radical (unpaired) electrons. The monoisotopic (exact) mass is 1130 g/mol. The van der Waals surface area contributed by atoms with Crippen LogP contribution < -0.4 is 0 Å². The van der Waals surface area contributed by atoms with Crippen molar-refractivity contribution in [2.45, 2.75) is 348 Å². The number of ether oxygens (including phenoxy) is 3. The number of rotatable bonds is 63. The van der Waals surface area contributed by atoms with Crippen LogP contribution in [0.15, 0.2) is 97.2 Å². The Morgan fingerprint density at radius 2 is 0.481 bits per heavy atom. The van der Waals surface area contributed by atoms with Gasteiger partial charge in [-0.05, 0) is 122 Å². The fourth-order valence-corrected chi connectivity index (χ4v) is 9.85. The summed E-state index contributed by atoms with van der Waals surface area (Å²) in [6, 6.07) is 0. The molecule has 0 aromatic heterocycles. The summed E-state index contributed by atoms with van der Waals surface area (Å²) in [4.78, 5) is 38.5. The van der Waals surface area contributed by atoms with Gasteiger partial charge in [0.05, 0.1) is 0 Å². The predicted molar refractivity (Wildman–Crippen MR) is 353 cm³/mol. The summed E-state index contributed by atoms with van der Waals surface area (Å²) in [6.07, 6.45) is 92.7. The van der Waals surface area contributed by atoms with Gasteiger partial charge in [0.15, 0.2) is 6.10 Å². The molecule has 0 saturated heterocycles. The van der Waals surface area contributed by atoms with Gasteiger partial charge in [-0.25, -0.2) is 0 Å². The van der Waals surface area contributed by atoms with E-state index in [1.54, 1.807) is 0 Å². The third-order valence-electron chi connectivity index (χ3n) is 15.0. The zero-order chi connectivity index (χ0) is 58.5. The van der Waals surface area contributed by atoms with E-state index in [1.165, 1.54) is 193 Å². The summed E-state index contributed by atoms with van der Waals surface area (Å²) < 4.78 is 17.0. The molecule has 0 aliphatic rings. The molecule has 81 heavy (non-hydrogen) atoms. The Bertz CT molecular complexity index is 1580. The van der Waals surface area contributed by atoms with Gasteiger partial charge in [0, 0.05) is 19.3 Å². The zero-order valence-electron chi connectivity index (χ0n) is 53.5. The fourth-order valence-electron chi connectivity index (χ4n) is 9.85. The summed E-state index contributed by atoms with van der Waals surface area (Å²) in [5, 5.41) is 0. The molecule has 0 bridgehead atoms. The van der Waals surface area contributed by atoms with Crippen molar-refractivity contribution < 1.29 is 28.6 Å². The lowest BCUT2D eigenvalue weighted by molar-refractivity contribution is -0.167. The smallest absolute Gasteiger partial charge is 0.306 e. The van der Waals surface area contributed by atoms with Gasteiger partial charge in [-0.1, -0.05) is 298 Å². The SMILES string of the molecule is CC/C=C\C/C=C\C/C=C\C/C=C\CCCCCCCCC(=O)OC(COC(=O)CCCCCCCCCCC/C=C\C/C=C\CCCCC)COC(=O)CCCCCCCCCCCCCCC/C=C\C/C=C\CCCCCCC. The molecule has 0 N–H and O–H groups in total. The molecule has 1 atom stereocenters.